The van der Waals surface area contributed by atoms with E-state index in [1.54, 1.807) is 6.07 Å². The molecule has 0 radical (unpaired) electrons. The molecule has 0 aliphatic heterocycles. The lowest BCUT2D eigenvalue weighted by molar-refractivity contribution is 0.405. The normalized spacial score (nSPS) is 12.6. The van der Waals surface area contributed by atoms with Crippen LogP contribution in [0.2, 0.25) is 0 Å². The molecule has 72 valence electrons. The number of nitrogens with two attached hydrogens (primary N) is 1. The Bertz CT molecular complexity index is 286. The summed E-state index contributed by atoms with van der Waals surface area (Å²) in [6.07, 6.45) is 0.698. The second-order valence-corrected chi connectivity index (χ2v) is 3.14. The number of ether oxygens (including phenoxy) is 1. The maximum absolute atomic E-state index is 12.8. The number of rotatable bonds is 3. The molecule has 0 saturated carbocycles. The van der Waals surface area contributed by atoms with Crippen molar-refractivity contribution in [2.24, 2.45) is 5.73 Å². The van der Waals surface area contributed by atoms with Crippen LogP contribution in [0.15, 0.2) is 18.2 Å². The third-order valence-corrected chi connectivity index (χ3v) is 1.79. The Kier molecular flexibility index (Phi) is 3.25. The van der Waals surface area contributed by atoms with Crippen LogP contribution in [0, 0.1) is 5.82 Å². The summed E-state index contributed by atoms with van der Waals surface area (Å²) in [5.74, 6) is 0.280. The Morgan fingerprint density at radius 3 is 2.77 bits per heavy atom. The minimum atomic E-state index is -0.287. The molecule has 0 fully saturated rings. The summed E-state index contributed by atoms with van der Waals surface area (Å²) in [6, 6.07) is 4.55. The van der Waals surface area contributed by atoms with Crippen LogP contribution in [0.4, 0.5) is 4.39 Å². The number of halogens is 1. The SMILES string of the molecule is COc1cc(F)ccc1C[C@@H](C)N. The molecule has 1 aromatic rings. The summed E-state index contributed by atoms with van der Waals surface area (Å²) in [7, 11) is 1.53. The van der Waals surface area contributed by atoms with Crippen molar-refractivity contribution < 1.29 is 9.13 Å². The molecule has 2 N–H and O–H groups in total. The van der Waals surface area contributed by atoms with E-state index in [-0.39, 0.29) is 11.9 Å². The summed E-state index contributed by atoms with van der Waals surface area (Å²) >= 11 is 0. The van der Waals surface area contributed by atoms with Crippen molar-refractivity contribution in [2.45, 2.75) is 19.4 Å². The molecule has 3 heteroatoms. The topological polar surface area (TPSA) is 35.2 Å². The number of benzene rings is 1. The van der Waals surface area contributed by atoms with Crippen molar-refractivity contribution in [1.82, 2.24) is 0 Å². The first kappa shape index (κ1) is 9.99. The van der Waals surface area contributed by atoms with Crippen molar-refractivity contribution in [3.05, 3.63) is 29.6 Å². The Morgan fingerprint density at radius 1 is 1.54 bits per heavy atom. The van der Waals surface area contributed by atoms with Gasteiger partial charge in [0.15, 0.2) is 0 Å². The van der Waals surface area contributed by atoms with Gasteiger partial charge in [-0.1, -0.05) is 6.07 Å². The van der Waals surface area contributed by atoms with Crippen LogP contribution >= 0.6 is 0 Å². The molecule has 1 aromatic carbocycles. The van der Waals surface area contributed by atoms with E-state index in [0.29, 0.717) is 12.2 Å². The second kappa shape index (κ2) is 4.23. The summed E-state index contributed by atoms with van der Waals surface area (Å²) in [5.41, 5.74) is 6.58. The smallest absolute Gasteiger partial charge is 0.126 e. The molecular weight excluding hydrogens is 169 g/mol. The molecule has 0 aromatic heterocycles. The van der Waals surface area contributed by atoms with Crippen LogP contribution in [0.25, 0.3) is 0 Å². The first-order valence-electron chi connectivity index (χ1n) is 4.21. The van der Waals surface area contributed by atoms with Crippen LogP contribution in [0.1, 0.15) is 12.5 Å². The fourth-order valence-electron chi connectivity index (χ4n) is 1.23. The molecular formula is C10H14FNO. The van der Waals surface area contributed by atoms with Gasteiger partial charge in [-0.05, 0) is 25.0 Å². The van der Waals surface area contributed by atoms with Crippen molar-refractivity contribution in [3.8, 4) is 5.75 Å². The molecule has 0 amide bonds. The highest BCUT2D eigenvalue weighted by atomic mass is 19.1. The van der Waals surface area contributed by atoms with Gasteiger partial charge in [-0.15, -0.1) is 0 Å². The van der Waals surface area contributed by atoms with Gasteiger partial charge in [-0.25, -0.2) is 4.39 Å². The quantitative estimate of drug-likeness (QED) is 0.774. The highest BCUT2D eigenvalue weighted by Gasteiger charge is 2.06. The largest absolute Gasteiger partial charge is 0.496 e. The Hall–Kier alpha value is -1.09. The lowest BCUT2D eigenvalue weighted by atomic mass is 10.1. The molecule has 0 bridgehead atoms. The van der Waals surface area contributed by atoms with E-state index in [1.807, 2.05) is 6.92 Å². The molecule has 13 heavy (non-hydrogen) atoms. The summed E-state index contributed by atoms with van der Waals surface area (Å²) < 4.78 is 17.8. The van der Waals surface area contributed by atoms with Gasteiger partial charge in [0.1, 0.15) is 11.6 Å². The van der Waals surface area contributed by atoms with E-state index >= 15 is 0 Å². The van der Waals surface area contributed by atoms with Gasteiger partial charge >= 0.3 is 0 Å². The first-order chi connectivity index (χ1) is 6.13. The van der Waals surface area contributed by atoms with E-state index in [0.717, 1.165) is 5.56 Å². The fraction of sp³-hybridized carbons (Fsp3) is 0.400. The van der Waals surface area contributed by atoms with Gasteiger partial charge in [0.2, 0.25) is 0 Å². The van der Waals surface area contributed by atoms with Gasteiger partial charge in [-0.2, -0.15) is 0 Å². The van der Waals surface area contributed by atoms with Crippen LogP contribution in [0.5, 0.6) is 5.75 Å². The van der Waals surface area contributed by atoms with Gasteiger partial charge in [0, 0.05) is 12.1 Å². The third-order valence-electron chi connectivity index (χ3n) is 1.79. The van der Waals surface area contributed by atoms with Crippen molar-refractivity contribution in [3.63, 3.8) is 0 Å². The molecule has 0 unspecified atom stereocenters. The maximum Gasteiger partial charge on any atom is 0.126 e. The first-order valence-corrected chi connectivity index (χ1v) is 4.21. The summed E-state index contributed by atoms with van der Waals surface area (Å²) in [4.78, 5) is 0. The molecule has 0 spiro atoms. The Labute approximate surface area is 77.5 Å². The van der Waals surface area contributed by atoms with Crippen molar-refractivity contribution in [1.29, 1.82) is 0 Å². The average molecular weight is 183 g/mol. The predicted octanol–water partition coefficient (Wildman–Crippen LogP) is 1.72. The third kappa shape index (κ3) is 2.70. The monoisotopic (exact) mass is 183 g/mol. The van der Waals surface area contributed by atoms with E-state index in [4.69, 9.17) is 10.5 Å². The molecule has 0 aliphatic rings. The second-order valence-electron chi connectivity index (χ2n) is 3.14. The minimum Gasteiger partial charge on any atom is -0.496 e. The van der Waals surface area contributed by atoms with Gasteiger partial charge < -0.3 is 10.5 Å². The highest BCUT2D eigenvalue weighted by molar-refractivity contribution is 5.34. The zero-order valence-electron chi connectivity index (χ0n) is 7.88. The summed E-state index contributed by atoms with van der Waals surface area (Å²) in [5, 5.41) is 0. The number of hydrogen-bond acceptors (Lipinski definition) is 2. The average Bonchev–Trinajstić information content (AvgIpc) is 2.07. The standard InChI is InChI=1S/C10H14FNO/c1-7(12)5-8-3-4-9(11)6-10(8)13-2/h3-4,6-7H,5,12H2,1-2H3/t7-/m1/s1. The van der Waals surface area contributed by atoms with Gasteiger partial charge in [0.05, 0.1) is 7.11 Å². The van der Waals surface area contributed by atoms with Crippen LogP contribution in [0.3, 0.4) is 0 Å². The van der Waals surface area contributed by atoms with E-state index < -0.39 is 0 Å². The number of methoxy groups -OCH3 is 1. The van der Waals surface area contributed by atoms with E-state index in [9.17, 15) is 4.39 Å². The lowest BCUT2D eigenvalue weighted by Crippen LogP contribution is -2.18. The van der Waals surface area contributed by atoms with E-state index in [1.165, 1.54) is 19.2 Å². The Balaban J connectivity index is 2.92. The van der Waals surface area contributed by atoms with Crippen molar-refractivity contribution in [2.75, 3.05) is 7.11 Å². The maximum atomic E-state index is 12.8. The molecule has 1 rings (SSSR count). The van der Waals surface area contributed by atoms with Gasteiger partial charge in [-0.3, -0.25) is 0 Å². The fourth-order valence-corrected chi connectivity index (χ4v) is 1.23. The zero-order valence-corrected chi connectivity index (χ0v) is 7.88. The molecule has 0 aliphatic carbocycles. The molecule has 0 saturated heterocycles. The zero-order chi connectivity index (χ0) is 9.84. The van der Waals surface area contributed by atoms with Crippen LogP contribution in [-0.4, -0.2) is 13.2 Å². The lowest BCUT2D eigenvalue weighted by Gasteiger charge is -2.10. The molecule has 2 nitrogen and oxygen atoms in total. The van der Waals surface area contributed by atoms with Crippen molar-refractivity contribution >= 4 is 0 Å². The van der Waals surface area contributed by atoms with Gasteiger partial charge in [0.25, 0.3) is 0 Å². The predicted molar refractivity (Wildman–Crippen MR) is 50.3 cm³/mol. The number of hydrogen-bond donors (Lipinski definition) is 1. The van der Waals surface area contributed by atoms with Crippen LogP contribution in [-0.2, 0) is 6.42 Å². The Morgan fingerprint density at radius 2 is 2.23 bits per heavy atom. The van der Waals surface area contributed by atoms with Crippen LogP contribution < -0.4 is 10.5 Å². The minimum absolute atomic E-state index is 0.0550. The molecule has 0 heterocycles. The molecule has 1 atom stereocenters. The van der Waals surface area contributed by atoms with E-state index in [2.05, 4.69) is 0 Å². The highest BCUT2D eigenvalue weighted by Crippen LogP contribution is 2.20. The summed E-state index contributed by atoms with van der Waals surface area (Å²) in [6.45, 7) is 1.91.